The Bertz CT molecular complexity index is 671. The van der Waals surface area contributed by atoms with Gasteiger partial charge in [0.05, 0.1) is 11.8 Å². The second-order valence-electron chi connectivity index (χ2n) is 4.15. The predicted molar refractivity (Wildman–Crippen MR) is 79.8 cm³/mol. The predicted octanol–water partition coefficient (Wildman–Crippen LogP) is 2.62. The van der Waals surface area contributed by atoms with Crippen LogP contribution in [0.25, 0.3) is 0 Å². The summed E-state index contributed by atoms with van der Waals surface area (Å²) in [6, 6.07) is 6.84. The summed E-state index contributed by atoms with van der Waals surface area (Å²) in [5, 5.41) is 13.5. The second kappa shape index (κ2) is 6.29. The number of phenols is 1. The molecule has 5 nitrogen and oxygen atoms in total. The number of hydrogen-bond donors (Lipinski definition) is 2. The molecule has 0 bridgehead atoms. The Morgan fingerprint density at radius 3 is 2.90 bits per heavy atom. The highest BCUT2D eigenvalue weighted by Crippen LogP contribution is 2.16. The highest BCUT2D eigenvalue weighted by molar-refractivity contribution is 9.10. The van der Waals surface area contributed by atoms with Crippen LogP contribution in [0.3, 0.4) is 0 Å². The smallest absolute Gasteiger partial charge is 0.272 e. The summed E-state index contributed by atoms with van der Waals surface area (Å²) in [6.45, 7) is 1.88. The summed E-state index contributed by atoms with van der Waals surface area (Å²) in [6.07, 6.45) is 4.42. The lowest BCUT2D eigenvalue weighted by Crippen LogP contribution is -2.17. The molecule has 0 saturated carbocycles. The molecule has 0 atom stereocenters. The van der Waals surface area contributed by atoms with E-state index < -0.39 is 0 Å². The molecule has 2 N–H and O–H groups in total. The molecule has 0 radical (unpaired) electrons. The van der Waals surface area contributed by atoms with Crippen molar-refractivity contribution < 1.29 is 9.90 Å². The third kappa shape index (κ3) is 3.64. The van der Waals surface area contributed by atoms with Gasteiger partial charge in [0, 0.05) is 22.4 Å². The Morgan fingerprint density at radius 2 is 2.20 bits per heavy atom. The lowest BCUT2D eigenvalue weighted by molar-refractivity contribution is 0.0954. The van der Waals surface area contributed by atoms with Crippen molar-refractivity contribution in [2.75, 3.05) is 0 Å². The molecule has 1 aromatic carbocycles. The van der Waals surface area contributed by atoms with Gasteiger partial charge in [-0.3, -0.25) is 9.78 Å². The number of nitrogens with one attached hydrogen (secondary N) is 1. The van der Waals surface area contributed by atoms with Gasteiger partial charge in [-0.05, 0) is 46.6 Å². The van der Waals surface area contributed by atoms with E-state index in [1.54, 1.807) is 24.4 Å². The lowest BCUT2D eigenvalue weighted by Gasteiger charge is -2.01. The molecule has 102 valence electrons. The van der Waals surface area contributed by atoms with Gasteiger partial charge in [0.1, 0.15) is 5.75 Å². The fraction of sp³-hybridized carbons (Fsp3) is 0.0714. The average molecular weight is 334 g/mol. The SMILES string of the molecule is Cc1ccc(/C=N\NC(=O)c2cncc(Br)c2)c(O)c1. The number of carbonyl (C=O) groups excluding carboxylic acids is 1. The quantitative estimate of drug-likeness (QED) is 0.669. The van der Waals surface area contributed by atoms with E-state index in [9.17, 15) is 9.90 Å². The Hall–Kier alpha value is -2.21. The molecule has 2 rings (SSSR count). The normalized spacial score (nSPS) is 10.7. The number of nitrogens with zero attached hydrogens (tertiary/aromatic N) is 2. The van der Waals surface area contributed by atoms with E-state index in [4.69, 9.17) is 0 Å². The van der Waals surface area contributed by atoms with Crippen LogP contribution < -0.4 is 5.43 Å². The molecular weight excluding hydrogens is 322 g/mol. The van der Waals surface area contributed by atoms with Crippen molar-refractivity contribution in [1.82, 2.24) is 10.4 Å². The molecular formula is C14H12BrN3O2. The number of aromatic nitrogens is 1. The van der Waals surface area contributed by atoms with E-state index in [2.05, 4.69) is 31.4 Å². The van der Waals surface area contributed by atoms with Crippen molar-refractivity contribution in [2.24, 2.45) is 5.10 Å². The molecule has 0 aliphatic rings. The van der Waals surface area contributed by atoms with E-state index in [0.717, 1.165) is 5.56 Å². The molecule has 2 aromatic rings. The number of pyridine rings is 1. The summed E-state index contributed by atoms with van der Waals surface area (Å²) in [5.41, 5.74) is 4.25. The van der Waals surface area contributed by atoms with Crippen molar-refractivity contribution >= 4 is 28.1 Å². The minimum atomic E-state index is -0.373. The van der Waals surface area contributed by atoms with Gasteiger partial charge in [-0.15, -0.1) is 0 Å². The van der Waals surface area contributed by atoms with Gasteiger partial charge in [-0.25, -0.2) is 5.43 Å². The maximum Gasteiger partial charge on any atom is 0.272 e. The molecule has 0 spiro atoms. The maximum atomic E-state index is 11.8. The van der Waals surface area contributed by atoms with Gasteiger partial charge in [-0.1, -0.05) is 6.07 Å². The first-order valence-corrected chi connectivity index (χ1v) is 6.59. The molecule has 0 unspecified atom stereocenters. The standard InChI is InChI=1S/C14H12BrN3O2/c1-9-2-3-10(13(19)4-9)7-17-18-14(20)11-5-12(15)8-16-6-11/h2-8,19H,1H3,(H,18,20)/b17-7-. The number of hydrogen-bond acceptors (Lipinski definition) is 4. The molecule has 0 aliphatic heterocycles. The zero-order chi connectivity index (χ0) is 14.5. The van der Waals surface area contributed by atoms with Crippen LogP contribution in [0.1, 0.15) is 21.5 Å². The van der Waals surface area contributed by atoms with Gasteiger partial charge >= 0.3 is 0 Å². The number of halogens is 1. The van der Waals surface area contributed by atoms with Crippen molar-refractivity contribution in [2.45, 2.75) is 6.92 Å². The largest absolute Gasteiger partial charge is 0.507 e. The number of hydrazone groups is 1. The van der Waals surface area contributed by atoms with Gasteiger partial charge in [0.25, 0.3) is 5.91 Å². The van der Waals surface area contributed by atoms with Crippen LogP contribution in [-0.4, -0.2) is 22.2 Å². The summed E-state index contributed by atoms with van der Waals surface area (Å²) in [5.74, 6) is -0.256. The average Bonchev–Trinajstić information content (AvgIpc) is 2.41. The second-order valence-corrected chi connectivity index (χ2v) is 5.07. The zero-order valence-electron chi connectivity index (χ0n) is 10.7. The number of amides is 1. The first-order chi connectivity index (χ1) is 9.56. The van der Waals surface area contributed by atoms with Crippen LogP contribution in [-0.2, 0) is 0 Å². The van der Waals surface area contributed by atoms with Crippen molar-refractivity contribution in [3.63, 3.8) is 0 Å². The van der Waals surface area contributed by atoms with Gasteiger partial charge < -0.3 is 5.11 Å². The van der Waals surface area contributed by atoms with E-state index in [1.807, 2.05) is 13.0 Å². The lowest BCUT2D eigenvalue weighted by atomic mass is 10.1. The van der Waals surface area contributed by atoms with Gasteiger partial charge in [-0.2, -0.15) is 5.10 Å². The van der Waals surface area contributed by atoms with Gasteiger partial charge in [0.15, 0.2) is 0 Å². The van der Waals surface area contributed by atoms with Crippen LogP contribution in [0.5, 0.6) is 5.75 Å². The summed E-state index contributed by atoms with van der Waals surface area (Å²) < 4.78 is 0.713. The van der Waals surface area contributed by atoms with Crippen LogP contribution in [0, 0.1) is 6.92 Å². The first-order valence-electron chi connectivity index (χ1n) is 5.80. The fourth-order valence-electron chi connectivity index (χ4n) is 1.52. The third-order valence-electron chi connectivity index (χ3n) is 2.52. The summed E-state index contributed by atoms with van der Waals surface area (Å²) >= 11 is 3.24. The van der Waals surface area contributed by atoms with Crippen LogP contribution in [0.2, 0.25) is 0 Å². The Balaban J connectivity index is 2.04. The fourth-order valence-corrected chi connectivity index (χ4v) is 1.89. The Kier molecular flexibility index (Phi) is 4.47. The molecule has 1 amide bonds. The first kappa shape index (κ1) is 14.2. The molecule has 1 aromatic heterocycles. The Labute approximate surface area is 124 Å². The molecule has 20 heavy (non-hydrogen) atoms. The molecule has 0 fully saturated rings. The van der Waals surface area contributed by atoms with Crippen LogP contribution in [0.4, 0.5) is 0 Å². The third-order valence-corrected chi connectivity index (χ3v) is 2.96. The maximum absolute atomic E-state index is 11.8. The summed E-state index contributed by atoms with van der Waals surface area (Å²) in [7, 11) is 0. The molecule has 0 saturated heterocycles. The van der Waals surface area contributed by atoms with E-state index in [1.165, 1.54) is 12.4 Å². The van der Waals surface area contributed by atoms with Crippen LogP contribution in [0.15, 0.2) is 46.2 Å². The van der Waals surface area contributed by atoms with Crippen molar-refractivity contribution in [3.05, 3.63) is 57.8 Å². The van der Waals surface area contributed by atoms with E-state index >= 15 is 0 Å². The number of aryl methyl sites for hydroxylation is 1. The monoisotopic (exact) mass is 333 g/mol. The van der Waals surface area contributed by atoms with Crippen molar-refractivity contribution in [3.8, 4) is 5.75 Å². The van der Waals surface area contributed by atoms with Crippen LogP contribution >= 0.6 is 15.9 Å². The number of aromatic hydroxyl groups is 1. The highest BCUT2D eigenvalue weighted by atomic mass is 79.9. The van der Waals surface area contributed by atoms with E-state index in [-0.39, 0.29) is 11.7 Å². The van der Waals surface area contributed by atoms with Gasteiger partial charge in [0.2, 0.25) is 0 Å². The minimum Gasteiger partial charge on any atom is -0.507 e. The number of carbonyl (C=O) groups is 1. The minimum absolute atomic E-state index is 0.118. The molecule has 0 aliphatic carbocycles. The number of phenolic OH excluding ortho intramolecular Hbond substituents is 1. The highest BCUT2D eigenvalue weighted by Gasteiger charge is 2.05. The van der Waals surface area contributed by atoms with Crippen molar-refractivity contribution in [1.29, 1.82) is 0 Å². The topological polar surface area (TPSA) is 74.6 Å². The number of benzene rings is 1. The van der Waals surface area contributed by atoms with E-state index in [0.29, 0.717) is 15.6 Å². The Morgan fingerprint density at radius 1 is 1.40 bits per heavy atom. The number of rotatable bonds is 3. The molecule has 1 heterocycles. The summed E-state index contributed by atoms with van der Waals surface area (Å²) in [4.78, 5) is 15.7. The zero-order valence-corrected chi connectivity index (χ0v) is 12.3. The molecule has 6 heteroatoms.